The minimum Gasteiger partial charge on any atom is -0.325 e. The summed E-state index contributed by atoms with van der Waals surface area (Å²) in [5.74, 6) is -0.0854. The Morgan fingerprint density at radius 2 is 1.61 bits per heavy atom. The molecule has 1 N–H and O–H groups in total. The summed E-state index contributed by atoms with van der Waals surface area (Å²) < 4.78 is 27.7. The molecule has 1 fully saturated rings. The molecule has 1 amide bonds. The quantitative estimate of drug-likeness (QED) is 0.664. The highest BCUT2D eigenvalue weighted by Crippen LogP contribution is 2.23. The van der Waals surface area contributed by atoms with Gasteiger partial charge in [-0.2, -0.15) is 4.31 Å². The number of piperazine rings is 1. The van der Waals surface area contributed by atoms with Crippen molar-refractivity contribution in [1.82, 2.24) is 9.21 Å². The van der Waals surface area contributed by atoms with Crippen LogP contribution in [0.15, 0.2) is 65.6 Å². The van der Waals surface area contributed by atoms with Crippen LogP contribution in [0.1, 0.15) is 11.1 Å². The van der Waals surface area contributed by atoms with E-state index in [0.29, 0.717) is 31.1 Å². The first-order valence-electron chi connectivity index (χ1n) is 10.4. The van der Waals surface area contributed by atoms with Gasteiger partial charge in [0.1, 0.15) is 0 Å². The maximum atomic E-state index is 13.1. The molecule has 1 aliphatic heterocycles. The van der Waals surface area contributed by atoms with Crippen LogP contribution in [0, 0.1) is 13.8 Å². The Balaban J connectivity index is 1.36. The Kier molecular flexibility index (Phi) is 6.09. The molecular formula is C24H27N3O3S. The van der Waals surface area contributed by atoms with Crippen molar-refractivity contribution in [2.45, 2.75) is 18.7 Å². The topological polar surface area (TPSA) is 69.7 Å². The molecule has 7 heteroatoms. The molecule has 1 aliphatic rings. The monoisotopic (exact) mass is 437 g/mol. The third-order valence-corrected chi connectivity index (χ3v) is 7.61. The lowest BCUT2D eigenvalue weighted by atomic mass is 10.1. The van der Waals surface area contributed by atoms with Crippen LogP contribution in [0.2, 0.25) is 0 Å². The molecule has 31 heavy (non-hydrogen) atoms. The van der Waals surface area contributed by atoms with Crippen LogP contribution in [-0.4, -0.2) is 56.3 Å². The number of benzene rings is 3. The van der Waals surface area contributed by atoms with Crippen LogP contribution >= 0.6 is 0 Å². The third kappa shape index (κ3) is 4.79. The van der Waals surface area contributed by atoms with E-state index in [1.54, 1.807) is 12.1 Å². The zero-order valence-corrected chi connectivity index (χ0v) is 18.7. The van der Waals surface area contributed by atoms with Gasteiger partial charge in [-0.3, -0.25) is 9.69 Å². The fraction of sp³-hybridized carbons (Fsp3) is 0.292. The van der Waals surface area contributed by atoms with Crippen molar-refractivity contribution in [2.24, 2.45) is 0 Å². The van der Waals surface area contributed by atoms with Gasteiger partial charge < -0.3 is 5.32 Å². The predicted molar refractivity (Wildman–Crippen MR) is 124 cm³/mol. The molecule has 0 radical (unpaired) electrons. The zero-order valence-electron chi connectivity index (χ0n) is 17.8. The van der Waals surface area contributed by atoms with Crippen LogP contribution in [0.4, 0.5) is 5.69 Å². The molecular weight excluding hydrogens is 410 g/mol. The smallest absolute Gasteiger partial charge is 0.243 e. The first kappa shape index (κ1) is 21.5. The molecule has 4 rings (SSSR count). The number of aryl methyl sites for hydroxylation is 2. The summed E-state index contributed by atoms with van der Waals surface area (Å²) in [5, 5.41) is 4.88. The molecule has 1 heterocycles. The summed E-state index contributed by atoms with van der Waals surface area (Å²) in [4.78, 5) is 14.8. The van der Waals surface area contributed by atoms with Gasteiger partial charge in [-0.05, 0) is 48.4 Å². The number of carbonyl (C=O) groups is 1. The van der Waals surface area contributed by atoms with Crippen LogP contribution in [-0.2, 0) is 14.8 Å². The molecule has 0 spiro atoms. The molecule has 0 atom stereocenters. The number of amides is 1. The Morgan fingerprint density at radius 3 is 2.32 bits per heavy atom. The second-order valence-electron chi connectivity index (χ2n) is 8.06. The normalized spacial score (nSPS) is 15.8. The van der Waals surface area contributed by atoms with Gasteiger partial charge in [-0.1, -0.05) is 48.0 Å². The summed E-state index contributed by atoms with van der Waals surface area (Å²) in [6, 6.07) is 18.9. The Labute approximate surface area is 183 Å². The van der Waals surface area contributed by atoms with E-state index in [2.05, 4.69) is 5.32 Å². The lowest BCUT2D eigenvalue weighted by molar-refractivity contribution is -0.117. The van der Waals surface area contributed by atoms with E-state index in [4.69, 9.17) is 0 Å². The molecule has 3 aromatic carbocycles. The summed E-state index contributed by atoms with van der Waals surface area (Å²) in [6.45, 7) is 6.01. The number of fused-ring (bicyclic) bond motifs is 1. The van der Waals surface area contributed by atoms with Gasteiger partial charge in [0, 0.05) is 31.9 Å². The second kappa shape index (κ2) is 8.78. The van der Waals surface area contributed by atoms with Crippen molar-refractivity contribution in [2.75, 3.05) is 38.0 Å². The number of carbonyl (C=O) groups excluding carboxylic acids is 1. The number of hydrogen-bond acceptors (Lipinski definition) is 4. The van der Waals surface area contributed by atoms with Gasteiger partial charge >= 0.3 is 0 Å². The number of rotatable bonds is 5. The number of anilines is 1. The van der Waals surface area contributed by atoms with Crippen LogP contribution in [0.5, 0.6) is 0 Å². The van der Waals surface area contributed by atoms with Gasteiger partial charge in [-0.25, -0.2) is 8.42 Å². The van der Waals surface area contributed by atoms with E-state index < -0.39 is 10.0 Å². The second-order valence-corrected chi connectivity index (χ2v) is 9.99. The van der Waals surface area contributed by atoms with E-state index in [1.807, 2.05) is 67.3 Å². The lowest BCUT2D eigenvalue weighted by Crippen LogP contribution is -2.50. The highest BCUT2D eigenvalue weighted by Gasteiger charge is 2.29. The Morgan fingerprint density at radius 1 is 0.903 bits per heavy atom. The first-order valence-corrected chi connectivity index (χ1v) is 11.9. The summed E-state index contributed by atoms with van der Waals surface area (Å²) in [7, 11) is -3.56. The van der Waals surface area contributed by atoms with Gasteiger partial charge in [0.05, 0.1) is 11.4 Å². The number of nitrogens with one attached hydrogen (secondary N) is 1. The largest absolute Gasteiger partial charge is 0.325 e. The molecule has 0 saturated carbocycles. The predicted octanol–water partition coefficient (Wildman–Crippen LogP) is 3.40. The zero-order chi connectivity index (χ0) is 22.0. The molecule has 6 nitrogen and oxygen atoms in total. The highest BCUT2D eigenvalue weighted by atomic mass is 32.2. The van der Waals surface area contributed by atoms with Crippen molar-refractivity contribution in [3.63, 3.8) is 0 Å². The van der Waals surface area contributed by atoms with Gasteiger partial charge in [0.25, 0.3) is 0 Å². The van der Waals surface area contributed by atoms with Crippen molar-refractivity contribution < 1.29 is 13.2 Å². The standard InChI is InChI=1S/C24H27N3O3S/c1-18-7-10-23(19(2)15-18)25-24(28)17-26-11-13-27(14-12-26)31(29,30)22-9-8-20-5-3-4-6-21(20)16-22/h3-10,15-16H,11-14,17H2,1-2H3,(H,25,28). The first-order chi connectivity index (χ1) is 14.8. The number of sulfonamides is 1. The molecule has 0 unspecified atom stereocenters. The van der Waals surface area contributed by atoms with Gasteiger partial charge in [0.15, 0.2) is 0 Å². The van der Waals surface area contributed by atoms with E-state index in [1.165, 1.54) is 4.31 Å². The van der Waals surface area contributed by atoms with Crippen molar-refractivity contribution in [3.05, 3.63) is 71.8 Å². The minimum atomic E-state index is -3.56. The maximum absolute atomic E-state index is 13.1. The van der Waals surface area contributed by atoms with E-state index >= 15 is 0 Å². The van der Waals surface area contributed by atoms with Crippen molar-refractivity contribution in [1.29, 1.82) is 0 Å². The SMILES string of the molecule is Cc1ccc(NC(=O)CN2CCN(S(=O)(=O)c3ccc4ccccc4c3)CC2)c(C)c1. The lowest BCUT2D eigenvalue weighted by Gasteiger charge is -2.33. The third-order valence-electron chi connectivity index (χ3n) is 5.71. The van der Waals surface area contributed by atoms with Gasteiger partial charge in [0.2, 0.25) is 15.9 Å². The van der Waals surface area contributed by atoms with E-state index in [0.717, 1.165) is 27.6 Å². The van der Waals surface area contributed by atoms with Crippen LogP contribution < -0.4 is 5.32 Å². The van der Waals surface area contributed by atoms with Crippen molar-refractivity contribution >= 4 is 32.4 Å². The van der Waals surface area contributed by atoms with Crippen LogP contribution in [0.25, 0.3) is 10.8 Å². The fourth-order valence-electron chi connectivity index (χ4n) is 3.95. The highest BCUT2D eigenvalue weighted by molar-refractivity contribution is 7.89. The van der Waals surface area contributed by atoms with Gasteiger partial charge in [-0.15, -0.1) is 0 Å². The molecule has 0 aliphatic carbocycles. The van der Waals surface area contributed by atoms with Crippen LogP contribution in [0.3, 0.4) is 0 Å². The van der Waals surface area contributed by atoms with E-state index in [-0.39, 0.29) is 12.5 Å². The number of hydrogen-bond donors (Lipinski definition) is 1. The average Bonchev–Trinajstić information content (AvgIpc) is 2.76. The minimum absolute atomic E-state index is 0.0854. The molecule has 1 saturated heterocycles. The Bertz CT molecular complexity index is 1220. The molecule has 0 bridgehead atoms. The van der Waals surface area contributed by atoms with Crippen molar-refractivity contribution in [3.8, 4) is 0 Å². The molecule has 162 valence electrons. The molecule has 0 aromatic heterocycles. The Hall–Kier alpha value is -2.74. The number of nitrogens with zero attached hydrogens (tertiary/aromatic N) is 2. The summed E-state index contributed by atoms with van der Waals surface area (Å²) >= 11 is 0. The average molecular weight is 438 g/mol. The van der Waals surface area contributed by atoms with E-state index in [9.17, 15) is 13.2 Å². The molecule has 3 aromatic rings. The summed E-state index contributed by atoms with van der Waals surface area (Å²) in [6.07, 6.45) is 0. The summed E-state index contributed by atoms with van der Waals surface area (Å²) in [5.41, 5.74) is 2.99. The fourth-order valence-corrected chi connectivity index (χ4v) is 5.41. The maximum Gasteiger partial charge on any atom is 0.243 e.